The summed E-state index contributed by atoms with van der Waals surface area (Å²) < 4.78 is 1.28. The summed E-state index contributed by atoms with van der Waals surface area (Å²) in [5, 5.41) is 22.1. The van der Waals surface area contributed by atoms with Crippen molar-refractivity contribution in [1.29, 1.82) is 5.26 Å². The lowest BCUT2D eigenvalue weighted by atomic mass is 9.84. The molecule has 8 nitrogen and oxygen atoms in total. The van der Waals surface area contributed by atoms with Gasteiger partial charge in [-0.15, -0.1) is 0 Å². The number of fused-ring (bicyclic) bond motifs is 1. The van der Waals surface area contributed by atoms with Gasteiger partial charge < -0.3 is 10.0 Å². The highest BCUT2D eigenvalue weighted by molar-refractivity contribution is 6.01. The molecule has 0 spiro atoms. The molecule has 1 saturated heterocycles. The molecule has 5 rings (SSSR count). The average Bonchev–Trinajstić information content (AvgIpc) is 3.54. The first-order valence-corrected chi connectivity index (χ1v) is 12.6. The summed E-state index contributed by atoms with van der Waals surface area (Å²) in [6, 6.07) is 12.0. The number of carbonyl (C=O) groups excluding carboxylic acids is 1. The molecule has 1 aromatic carbocycles. The molecule has 1 aliphatic heterocycles. The van der Waals surface area contributed by atoms with Crippen molar-refractivity contribution in [3.63, 3.8) is 0 Å². The summed E-state index contributed by atoms with van der Waals surface area (Å²) in [4.78, 5) is 33.0. The van der Waals surface area contributed by atoms with E-state index in [-0.39, 0.29) is 35.6 Å². The maximum Gasteiger partial charge on any atom is 0.273 e. The van der Waals surface area contributed by atoms with E-state index < -0.39 is 0 Å². The molecular weight excluding hydrogens is 442 g/mol. The molecule has 0 bridgehead atoms. The number of nitrogens with one attached hydrogen (secondary N) is 1. The quantitative estimate of drug-likeness (QED) is 0.585. The summed E-state index contributed by atoms with van der Waals surface area (Å²) in [7, 11) is 0. The van der Waals surface area contributed by atoms with Crippen molar-refractivity contribution in [2.24, 2.45) is 5.92 Å². The van der Waals surface area contributed by atoms with Crippen molar-refractivity contribution in [2.45, 2.75) is 57.3 Å². The normalized spacial score (nSPS) is 19.7. The van der Waals surface area contributed by atoms with Crippen LogP contribution in [0.5, 0.6) is 0 Å². The van der Waals surface area contributed by atoms with Gasteiger partial charge in [0.2, 0.25) is 0 Å². The van der Waals surface area contributed by atoms with Crippen LogP contribution in [0.25, 0.3) is 16.9 Å². The molecule has 0 unspecified atom stereocenters. The van der Waals surface area contributed by atoms with Gasteiger partial charge in [-0.1, -0.05) is 50.5 Å². The van der Waals surface area contributed by atoms with Crippen LogP contribution in [-0.2, 0) is 0 Å². The molecule has 1 saturated carbocycles. The summed E-state index contributed by atoms with van der Waals surface area (Å²) in [5.74, 6) is -0.263. The van der Waals surface area contributed by atoms with E-state index in [2.05, 4.69) is 23.3 Å². The lowest BCUT2D eigenvalue weighted by Gasteiger charge is -2.22. The molecule has 2 aliphatic rings. The van der Waals surface area contributed by atoms with E-state index in [0.29, 0.717) is 42.4 Å². The monoisotopic (exact) mass is 473 g/mol. The van der Waals surface area contributed by atoms with E-state index in [9.17, 15) is 20.0 Å². The highest BCUT2D eigenvalue weighted by Gasteiger charge is 2.32. The third-order valence-electron chi connectivity index (χ3n) is 7.57. The molecule has 2 fully saturated rings. The fraction of sp³-hybridized carbons (Fsp3) is 0.481. The number of H-pyrrole nitrogens is 1. The largest absolute Gasteiger partial charge is 0.396 e. The predicted octanol–water partition coefficient (Wildman–Crippen LogP) is 3.82. The summed E-state index contributed by atoms with van der Waals surface area (Å²) >= 11 is 0. The minimum atomic E-state index is -0.386. The van der Waals surface area contributed by atoms with E-state index in [1.807, 2.05) is 12.1 Å². The number of nitriles is 1. The first kappa shape index (κ1) is 23.3. The number of likely N-dealkylation sites (tertiary alicyclic amines) is 1. The number of nitrogens with zero attached hydrogens (tertiary/aromatic N) is 4. The van der Waals surface area contributed by atoms with Crippen molar-refractivity contribution in [3.8, 4) is 17.3 Å². The molecular formula is C27H31N5O3. The first-order chi connectivity index (χ1) is 17.0. The molecule has 2 aromatic heterocycles. The Labute approximate surface area is 204 Å². The Kier molecular flexibility index (Phi) is 6.44. The van der Waals surface area contributed by atoms with Crippen LogP contribution in [0.3, 0.4) is 0 Å². The Bertz CT molecular complexity index is 1330. The van der Waals surface area contributed by atoms with Crippen LogP contribution in [0.1, 0.15) is 78.9 Å². The molecule has 182 valence electrons. The Hall–Kier alpha value is -3.44. The molecule has 1 amide bonds. The number of hydrogen-bond acceptors (Lipinski definition) is 5. The standard InChI is InChI=1S/C27H31N5O3/c1-17(16-33)25-24(27(35)31-12-11-18(14-28)15-31)26-29-22(13-23(34)32(26)30-25)21-9-7-20(8-10-21)19-5-3-2-4-6-19/h7-10,13,17-19,30,33H,2-6,11-12,15-16H2,1H3/t17-,18+/m1/s1. The SMILES string of the molecule is C[C@H](CO)c1[nH]n2c(=O)cc(-c3ccc(C4CCCCC4)cc3)nc2c1C(=O)N1CC[C@@H](C#N)C1. The number of carbonyl (C=O) groups is 1. The van der Waals surface area contributed by atoms with Crippen molar-refractivity contribution >= 4 is 11.6 Å². The van der Waals surface area contributed by atoms with E-state index in [1.165, 1.54) is 48.2 Å². The van der Waals surface area contributed by atoms with Gasteiger partial charge >= 0.3 is 0 Å². The Morgan fingerprint density at radius 2 is 1.97 bits per heavy atom. The molecule has 2 N–H and O–H groups in total. The number of rotatable bonds is 5. The van der Waals surface area contributed by atoms with E-state index in [1.54, 1.807) is 11.8 Å². The van der Waals surface area contributed by atoms with Gasteiger partial charge in [0.1, 0.15) is 5.56 Å². The first-order valence-electron chi connectivity index (χ1n) is 12.6. The number of benzene rings is 1. The zero-order chi connectivity index (χ0) is 24.5. The van der Waals surface area contributed by atoms with Crippen LogP contribution >= 0.6 is 0 Å². The highest BCUT2D eigenvalue weighted by Crippen LogP contribution is 2.33. The second-order valence-corrected chi connectivity index (χ2v) is 9.95. The third kappa shape index (κ3) is 4.37. The average molecular weight is 474 g/mol. The van der Waals surface area contributed by atoms with Gasteiger partial charge in [0.15, 0.2) is 5.65 Å². The topological polar surface area (TPSA) is 114 Å². The van der Waals surface area contributed by atoms with Crippen LogP contribution in [0.15, 0.2) is 35.1 Å². The van der Waals surface area contributed by atoms with Gasteiger partial charge in [0.25, 0.3) is 11.5 Å². The fourth-order valence-electron chi connectivity index (χ4n) is 5.43. The lowest BCUT2D eigenvalue weighted by Crippen LogP contribution is -2.30. The summed E-state index contributed by atoms with van der Waals surface area (Å²) in [6.45, 7) is 2.44. The zero-order valence-electron chi connectivity index (χ0n) is 20.0. The molecule has 3 heterocycles. The molecule has 3 aromatic rings. The predicted molar refractivity (Wildman–Crippen MR) is 132 cm³/mol. The number of hydrogen-bond donors (Lipinski definition) is 2. The Morgan fingerprint density at radius 1 is 1.23 bits per heavy atom. The van der Waals surface area contributed by atoms with Crippen molar-refractivity contribution in [3.05, 3.63) is 57.5 Å². The van der Waals surface area contributed by atoms with E-state index in [4.69, 9.17) is 4.98 Å². The molecule has 0 radical (unpaired) electrons. The van der Waals surface area contributed by atoms with Crippen LogP contribution in [0, 0.1) is 17.2 Å². The van der Waals surface area contributed by atoms with Gasteiger partial charge in [0.05, 0.1) is 30.0 Å². The smallest absolute Gasteiger partial charge is 0.273 e. The third-order valence-corrected chi connectivity index (χ3v) is 7.57. The lowest BCUT2D eigenvalue weighted by molar-refractivity contribution is 0.0789. The molecule has 2 atom stereocenters. The summed E-state index contributed by atoms with van der Waals surface area (Å²) in [6.07, 6.45) is 6.91. The second kappa shape index (κ2) is 9.67. The van der Waals surface area contributed by atoms with Gasteiger partial charge in [-0.25, -0.2) is 9.50 Å². The minimum absolute atomic E-state index is 0.182. The van der Waals surface area contributed by atoms with Gasteiger partial charge in [-0.05, 0) is 30.7 Å². The summed E-state index contributed by atoms with van der Waals surface area (Å²) in [5.41, 5.74) is 3.37. The van der Waals surface area contributed by atoms with Crippen LogP contribution in [-0.4, -0.2) is 50.2 Å². The number of aromatic nitrogens is 3. The molecule has 35 heavy (non-hydrogen) atoms. The molecule has 8 heteroatoms. The van der Waals surface area contributed by atoms with Gasteiger partial charge in [-0.3, -0.25) is 14.7 Å². The van der Waals surface area contributed by atoms with E-state index >= 15 is 0 Å². The molecule has 1 aliphatic carbocycles. The minimum Gasteiger partial charge on any atom is -0.396 e. The van der Waals surface area contributed by atoms with Gasteiger partial charge in [0, 0.05) is 30.6 Å². The maximum absolute atomic E-state index is 13.6. The zero-order valence-corrected chi connectivity index (χ0v) is 20.0. The number of aliphatic hydroxyl groups excluding tert-OH is 1. The van der Waals surface area contributed by atoms with Crippen molar-refractivity contribution in [2.75, 3.05) is 19.7 Å². The Balaban J connectivity index is 1.56. The number of aromatic amines is 1. The highest BCUT2D eigenvalue weighted by atomic mass is 16.3. The van der Waals surface area contributed by atoms with Crippen molar-refractivity contribution in [1.82, 2.24) is 19.5 Å². The maximum atomic E-state index is 13.6. The number of aliphatic hydroxyl groups is 1. The van der Waals surface area contributed by atoms with Crippen molar-refractivity contribution < 1.29 is 9.90 Å². The second-order valence-electron chi connectivity index (χ2n) is 9.95. The van der Waals surface area contributed by atoms with Crippen LogP contribution in [0.2, 0.25) is 0 Å². The van der Waals surface area contributed by atoms with Crippen LogP contribution in [0.4, 0.5) is 0 Å². The van der Waals surface area contributed by atoms with Gasteiger partial charge in [-0.2, -0.15) is 5.26 Å². The van der Waals surface area contributed by atoms with E-state index in [0.717, 1.165) is 5.56 Å². The Morgan fingerprint density at radius 3 is 2.63 bits per heavy atom. The fourth-order valence-corrected chi connectivity index (χ4v) is 5.43. The number of amides is 1. The van der Waals surface area contributed by atoms with Crippen LogP contribution < -0.4 is 5.56 Å².